The van der Waals surface area contributed by atoms with Crippen molar-refractivity contribution >= 4 is 17.6 Å². The SMILES string of the molecule is CCCCOC(=O)c1ccc(OCc2ccccc2Cl)cc1. The van der Waals surface area contributed by atoms with Gasteiger partial charge in [0.1, 0.15) is 12.4 Å². The van der Waals surface area contributed by atoms with E-state index in [0.29, 0.717) is 29.5 Å². The van der Waals surface area contributed by atoms with Crippen LogP contribution >= 0.6 is 11.6 Å². The number of esters is 1. The molecule has 22 heavy (non-hydrogen) atoms. The maximum atomic E-state index is 11.8. The van der Waals surface area contributed by atoms with Gasteiger partial charge in [-0.3, -0.25) is 0 Å². The van der Waals surface area contributed by atoms with Crippen LogP contribution in [0, 0.1) is 0 Å². The normalized spacial score (nSPS) is 10.3. The van der Waals surface area contributed by atoms with Crippen molar-refractivity contribution < 1.29 is 14.3 Å². The van der Waals surface area contributed by atoms with Crippen LogP contribution in [0.15, 0.2) is 48.5 Å². The average molecular weight is 319 g/mol. The summed E-state index contributed by atoms with van der Waals surface area (Å²) in [6.45, 7) is 2.90. The molecule has 0 amide bonds. The third-order valence-corrected chi connectivity index (χ3v) is 3.54. The lowest BCUT2D eigenvalue weighted by molar-refractivity contribution is 0.0499. The Balaban J connectivity index is 1.89. The standard InChI is InChI=1S/C18H19ClO3/c1-2-3-12-21-18(20)14-8-10-16(11-9-14)22-13-15-6-4-5-7-17(15)19/h4-11H,2-3,12-13H2,1H3. The maximum Gasteiger partial charge on any atom is 0.338 e. The van der Waals surface area contributed by atoms with Crippen LogP contribution < -0.4 is 4.74 Å². The van der Waals surface area contributed by atoms with E-state index in [1.54, 1.807) is 24.3 Å². The Morgan fingerprint density at radius 1 is 1.09 bits per heavy atom. The van der Waals surface area contributed by atoms with Crippen LogP contribution in [0.25, 0.3) is 0 Å². The highest BCUT2D eigenvalue weighted by molar-refractivity contribution is 6.31. The number of ether oxygens (including phenoxy) is 2. The van der Waals surface area contributed by atoms with E-state index in [0.717, 1.165) is 18.4 Å². The van der Waals surface area contributed by atoms with Crippen LogP contribution in [0.4, 0.5) is 0 Å². The highest BCUT2D eigenvalue weighted by atomic mass is 35.5. The fourth-order valence-corrected chi connectivity index (χ4v) is 2.05. The molecule has 0 fully saturated rings. The first-order chi connectivity index (χ1) is 10.7. The van der Waals surface area contributed by atoms with Crippen molar-refractivity contribution in [3.8, 4) is 5.75 Å². The van der Waals surface area contributed by atoms with Gasteiger partial charge in [0, 0.05) is 10.6 Å². The third kappa shape index (κ3) is 4.78. The highest BCUT2D eigenvalue weighted by Gasteiger charge is 2.07. The Hall–Kier alpha value is -2.00. The molecule has 0 aromatic heterocycles. The predicted molar refractivity (Wildman–Crippen MR) is 87.4 cm³/mol. The summed E-state index contributed by atoms with van der Waals surface area (Å²) in [4.78, 5) is 11.8. The molecule has 0 bridgehead atoms. The number of benzene rings is 2. The van der Waals surface area contributed by atoms with E-state index in [-0.39, 0.29) is 5.97 Å². The van der Waals surface area contributed by atoms with Gasteiger partial charge in [-0.25, -0.2) is 4.79 Å². The van der Waals surface area contributed by atoms with Gasteiger partial charge in [0.05, 0.1) is 12.2 Å². The molecule has 0 atom stereocenters. The van der Waals surface area contributed by atoms with Gasteiger partial charge in [-0.15, -0.1) is 0 Å². The summed E-state index contributed by atoms with van der Waals surface area (Å²) in [6, 6.07) is 14.5. The summed E-state index contributed by atoms with van der Waals surface area (Å²) >= 11 is 6.08. The largest absolute Gasteiger partial charge is 0.489 e. The van der Waals surface area contributed by atoms with Gasteiger partial charge in [0.2, 0.25) is 0 Å². The lowest BCUT2D eigenvalue weighted by Crippen LogP contribution is -2.06. The molecule has 116 valence electrons. The summed E-state index contributed by atoms with van der Waals surface area (Å²) in [7, 11) is 0. The van der Waals surface area contributed by atoms with E-state index in [2.05, 4.69) is 6.92 Å². The van der Waals surface area contributed by atoms with Gasteiger partial charge < -0.3 is 9.47 Å². The van der Waals surface area contributed by atoms with Crippen molar-refractivity contribution in [3.05, 3.63) is 64.7 Å². The number of rotatable bonds is 7. The molecule has 0 radical (unpaired) electrons. The van der Waals surface area contributed by atoms with Gasteiger partial charge in [-0.1, -0.05) is 43.1 Å². The van der Waals surface area contributed by atoms with E-state index in [4.69, 9.17) is 21.1 Å². The summed E-state index contributed by atoms with van der Waals surface area (Å²) in [5.74, 6) is 0.385. The molecule has 0 heterocycles. The second-order valence-corrected chi connectivity index (χ2v) is 5.30. The van der Waals surface area contributed by atoms with E-state index in [1.807, 2.05) is 24.3 Å². The van der Waals surface area contributed by atoms with Crippen LogP contribution in [0.3, 0.4) is 0 Å². The monoisotopic (exact) mass is 318 g/mol. The van der Waals surface area contributed by atoms with Crippen molar-refractivity contribution in [3.63, 3.8) is 0 Å². The fraction of sp³-hybridized carbons (Fsp3) is 0.278. The first-order valence-electron chi connectivity index (χ1n) is 7.34. The van der Waals surface area contributed by atoms with Gasteiger partial charge in [-0.05, 0) is 36.8 Å². The van der Waals surface area contributed by atoms with Crippen LogP contribution in [0.1, 0.15) is 35.7 Å². The van der Waals surface area contributed by atoms with E-state index < -0.39 is 0 Å². The Kier molecular flexibility index (Phi) is 6.28. The molecule has 0 spiro atoms. The zero-order chi connectivity index (χ0) is 15.8. The Morgan fingerprint density at radius 2 is 1.82 bits per heavy atom. The van der Waals surface area contributed by atoms with E-state index >= 15 is 0 Å². The minimum absolute atomic E-state index is 0.300. The summed E-state index contributed by atoms with van der Waals surface area (Å²) < 4.78 is 10.8. The molecule has 0 aliphatic rings. The Bertz CT molecular complexity index is 608. The molecular formula is C18H19ClO3. The molecule has 0 N–H and O–H groups in total. The molecule has 2 aromatic rings. The van der Waals surface area contributed by atoms with Crippen LogP contribution in [-0.4, -0.2) is 12.6 Å². The molecule has 0 saturated carbocycles. The minimum atomic E-state index is -0.300. The molecule has 2 rings (SSSR count). The molecule has 0 aliphatic carbocycles. The zero-order valence-electron chi connectivity index (χ0n) is 12.5. The molecule has 0 saturated heterocycles. The van der Waals surface area contributed by atoms with Crippen molar-refractivity contribution in [1.29, 1.82) is 0 Å². The van der Waals surface area contributed by atoms with Crippen LogP contribution in [-0.2, 0) is 11.3 Å². The number of hydrogen-bond donors (Lipinski definition) is 0. The van der Waals surface area contributed by atoms with E-state index in [1.165, 1.54) is 0 Å². The number of carbonyl (C=O) groups excluding carboxylic acids is 1. The summed E-state index contributed by atoms with van der Waals surface area (Å²) in [6.07, 6.45) is 1.88. The molecular weight excluding hydrogens is 300 g/mol. The fourth-order valence-electron chi connectivity index (χ4n) is 1.86. The van der Waals surface area contributed by atoms with Crippen LogP contribution in [0.2, 0.25) is 5.02 Å². The molecule has 3 nitrogen and oxygen atoms in total. The number of unbranched alkanes of at least 4 members (excludes halogenated alkanes) is 1. The predicted octanol–water partition coefficient (Wildman–Crippen LogP) is 4.88. The van der Waals surface area contributed by atoms with Crippen LogP contribution in [0.5, 0.6) is 5.75 Å². The minimum Gasteiger partial charge on any atom is -0.489 e. The first kappa shape index (κ1) is 16.4. The Morgan fingerprint density at radius 3 is 2.50 bits per heavy atom. The zero-order valence-corrected chi connectivity index (χ0v) is 13.3. The van der Waals surface area contributed by atoms with Gasteiger partial charge >= 0.3 is 5.97 Å². The molecule has 4 heteroatoms. The van der Waals surface area contributed by atoms with E-state index in [9.17, 15) is 4.79 Å². The summed E-state index contributed by atoms with van der Waals surface area (Å²) in [5, 5.41) is 0.679. The number of hydrogen-bond acceptors (Lipinski definition) is 3. The van der Waals surface area contributed by atoms with Gasteiger partial charge in [0.25, 0.3) is 0 Å². The van der Waals surface area contributed by atoms with Gasteiger partial charge in [0.15, 0.2) is 0 Å². The van der Waals surface area contributed by atoms with Crippen molar-refractivity contribution in [2.45, 2.75) is 26.4 Å². The molecule has 2 aromatic carbocycles. The second kappa shape index (κ2) is 8.44. The van der Waals surface area contributed by atoms with Crippen molar-refractivity contribution in [2.75, 3.05) is 6.61 Å². The highest BCUT2D eigenvalue weighted by Crippen LogP contribution is 2.19. The van der Waals surface area contributed by atoms with Gasteiger partial charge in [-0.2, -0.15) is 0 Å². The quantitative estimate of drug-likeness (QED) is 0.539. The molecule has 0 unspecified atom stereocenters. The average Bonchev–Trinajstić information content (AvgIpc) is 2.55. The van der Waals surface area contributed by atoms with Crippen molar-refractivity contribution in [2.24, 2.45) is 0 Å². The first-order valence-corrected chi connectivity index (χ1v) is 7.72. The maximum absolute atomic E-state index is 11.8. The smallest absolute Gasteiger partial charge is 0.338 e. The summed E-state index contributed by atoms with van der Waals surface area (Å²) in [5.41, 5.74) is 1.45. The number of carbonyl (C=O) groups is 1. The lowest BCUT2D eigenvalue weighted by atomic mass is 10.2. The Labute approximate surface area is 135 Å². The molecule has 0 aliphatic heterocycles. The number of halogens is 1. The topological polar surface area (TPSA) is 35.5 Å². The lowest BCUT2D eigenvalue weighted by Gasteiger charge is -2.08. The van der Waals surface area contributed by atoms with Crippen molar-refractivity contribution in [1.82, 2.24) is 0 Å². The third-order valence-electron chi connectivity index (χ3n) is 3.17. The second-order valence-electron chi connectivity index (χ2n) is 4.89.